The average molecular weight is 402 g/mol. The molecule has 27 heavy (non-hydrogen) atoms. The molecule has 5 heterocycles. The van der Waals surface area contributed by atoms with Gasteiger partial charge in [-0.15, -0.1) is 16.4 Å². The molecule has 1 fully saturated rings. The zero-order chi connectivity index (χ0) is 18.4. The quantitative estimate of drug-likeness (QED) is 0.551. The number of thiophene rings is 1. The van der Waals surface area contributed by atoms with Crippen molar-refractivity contribution in [3.63, 3.8) is 0 Å². The Balaban J connectivity index is 1.58. The van der Waals surface area contributed by atoms with E-state index in [1.165, 1.54) is 34.0 Å². The zero-order valence-corrected chi connectivity index (χ0v) is 16.6. The number of thiazole rings is 1. The van der Waals surface area contributed by atoms with Gasteiger partial charge in [0.05, 0.1) is 24.2 Å². The molecule has 1 saturated heterocycles. The topological polar surface area (TPSA) is 68.0 Å². The van der Waals surface area contributed by atoms with Gasteiger partial charge in [0.15, 0.2) is 11.8 Å². The number of aromatic nitrogens is 3. The predicted molar refractivity (Wildman–Crippen MR) is 105 cm³/mol. The first-order valence-electron chi connectivity index (χ1n) is 9.21. The van der Waals surface area contributed by atoms with Crippen molar-refractivity contribution in [2.45, 2.75) is 25.8 Å². The fourth-order valence-electron chi connectivity index (χ4n) is 4.01. The molecule has 0 bridgehead atoms. The maximum Gasteiger partial charge on any atom is 0.235 e. The minimum Gasteiger partial charge on any atom is -0.492 e. The second kappa shape index (κ2) is 6.78. The van der Waals surface area contributed by atoms with Gasteiger partial charge in [0.25, 0.3) is 0 Å². The molecule has 2 N–H and O–H groups in total. The van der Waals surface area contributed by atoms with Gasteiger partial charge in [0.1, 0.15) is 4.88 Å². The van der Waals surface area contributed by atoms with Crippen LogP contribution >= 0.6 is 22.7 Å². The number of fused-ring (bicyclic) bond motifs is 1. The zero-order valence-electron chi connectivity index (χ0n) is 15.0. The van der Waals surface area contributed by atoms with Crippen LogP contribution in [0.15, 0.2) is 40.3 Å². The number of nitrogens with one attached hydrogen (secondary N) is 1. The number of piperidine rings is 1. The van der Waals surface area contributed by atoms with Crippen molar-refractivity contribution in [1.29, 1.82) is 0 Å². The van der Waals surface area contributed by atoms with Crippen molar-refractivity contribution < 1.29 is 14.4 Å². The molecule has 0 amide bonds. The standard InChI is InChI=1S/C19H20N4O2S2/c1-12-5-2-8-22(11-12)15(14-7-4-10-26-14)16-18(24)23-19(27-16)20-17(21-23)13-6-3-9-25-13/h3-4,6-7,9-10,12,15,24H,2,5,8,11H2,1H3/p+1/t12-,15+/m1/s1. The minimum absolute atomic E-state index is 0.133. The molecule has 0 radical (unpaired) electrons. The maximum absolute atomic E-state index is 11.0. The van der Waals surface area contributed by atoms with Crippen LogP contribution in [0.3, 0.4) is 0 Å². The van der Waals surface area contributed by atoms with E-state index in [9.17, 15) is 5.11 Å². The van der Waals surface area contributed by atoms with E-state index in [4.69, 9.17) is 4.42 Å². The lowest BCUT2D eigenvalue weighted by molar-refractivity contribution is -0.933. The molecular formula is C19H21N4O2S2+. The molecule has 8 heteroatoms. The SMILES string of the molecule is C[C@@H]1CCC[NH+]([C@@H](c2cccs2)c2sc3nc(-c4ccco4)nn3c2O)C1. The fourth-order valence-corrected chi connectivity index (χ4v) is 6.11. The van der Waals surface area contributed by atoms with Crippen LogP contribution in [0, 0.1) is 5.92 Å². The van der Waals surface area contributed by atoms with Gasteiger partial charge in [-0.3, -0.25) is 0 Å². The Morgan fingerprint density at radius 1 is 1.37 bits per heavy atom. The van der Waals surface area contributed by atoms with Crippen molar-refractivity contribution in [3.8, 4) is 17.5 Å². The van der Waals surface area contributed by atoms with E-state index in [1.54, 1.807) is 22.1 Å². The van der Waals surface area contributed by atoms with E-state index >= 15 is 0 Å². The van der Waals surface area contributed by atoms with E-state index in [-0.39, 0.29) is 11.9 Å². The maximum atomic E-state index is 11.0. The Bertz CT molecular complexity index is 1040. The van der Waals surface area contributed by atoms with Crippen LogP contribution in [0.1, 0.15) is 35.6 Å². The number of aromatic hydroxyl groups is 1. The van der Waals surface area contributed by atoms with Crippen LogP contribution in [0.2, 0.25) is 0 Å². The van der Waals surface area contributed by atoms with Crippen LogP contribution in [0.25, 0.3) is 16.5 Å². The monoisotopic (exact) mass is 401 g/mol. The summed E-state index contributed by atoms with van der Waals surface area (Å²) in [5.41, 5.74) is 0. The molecule has 0 spiro atoms. The van der Waals surface area contributed by atoms with Crippen LogP contribution in [-0.4, -0.2) is 32.8 Å². The summed E-state index contributed by atoms with van der Waals surface area (Å²) in [6.45, 7) is 4.56. The largest absolute Gasteiger partial charge is 0.492 e. The third kappa shape index (κ3) is 2.97. The molecule has 0 aromatic carbocycles. The number of nitrogens with zero attached hydrogens (tertiary/aromatic N) is 3. The Labute approximate surface area is 164 Å². The van der Waals surface area contributed by atoms with E-state index in [2.05, 4.69) is 34.5 Å². The first-order chi connectivity index (χ1) is 13.2. The number of quaternary nitrogens is 1. The average Bonchev–Trinajstić information content (AvgIpc) is 3.42. The summed E-state index contributed by atoms with van der Waals surface area (Å²) in [5, 5.41) is 17.6. The van der Waals surface area contributed by atoms with Crippen LogP contribution in [0.4, 0.5) is 0 Å². The molecule has 0 saturated carbocycles. The highest BCUT2D eigenvalue weighted by molar-refractivity contribution is 7.17. The minimum atomic E-state index is 0.133. The Hall–Kier alpha value is -2.16. The van der Waals surface area contributed by atoms with Gasteiger partial charge in [-0.05, 0) is 36.4 Å². The van der Waals surface area contributed by atoms with Gasteiger partial charge in [-0.25, -0.2) is 0 Å². The van der Waals surface area contributed by atoms with Crippen LogP contribution in [0.5, 0.6) is 5.88 Å². The van der Waals surface area contributed by atoms with Gasteiger partial charge in [-0.2, -0.15) is 9.50 Å². The van der Waals surface area contributed by atoms with Gasteiger partial charge in [0, 0.05) is 5.92 Å². The highest BCUT2D eigenvalue weighted by Crippen LogP contribution is 2.37. The smallest absolute Gasteiger partial charge is 0.235 e. The molecule has 5 rings (SSSR count). The normalized spacial score (nSPS) is 21.7. The first-order valence-corrected chi connectivity index (χ1v) is 10.9. The second-order valence-electron chi connectivity index (χ2n) is 7.21. The summed E-state index contributed by atoms with van der Waals surface area (Å²) in [6.07, 6.45) is 4.11. The number of likely N-dealkylation sites (tertiary alicyclic amines) is 1. The number of hydrogen-bond acceptors (Lipinski definition) is 6. The molecule has 4 aromatic rings. The molecule has 3 atom stereocenters. The van der Waals surface area contributed by atoms with Crippen LogP contribution in [-0.2, 0) is 0 Å². The van der Waals surface area contributed by atoms with Crippen molar-refractivity contribution >= 4 is 27.6 Å². The van der Waals surface area contributed by atoms with E-state index in [0.29, 0.717) is 22.5 Å². The van der Waals surface area contributed by atoms with Crippen molar-refractivity contribution in [1.82, 2.24) is 14.6 Å². The van der Waals surface area contributed by atoms with Gasteiger partial charge in [-0.1, -0.05) is 24.3 Å². The lowest BCUT2D eigenvalue weighted by Gasteiger charge is -2.33. The lowest BCUT2D eigenvalue weighted by atomic mass is 9.98. The third-order valence-electron chi connectivity index (χ3n) is 5.24. The molecule has 0 aliphatic carbocycles. The molecule has 4 aromatic heterocycles. The lowest BCUT2D eigenvalue weighted by Crippen LogP contribution is -3.13. The van der Waals surface area contributed by atoms with Gasteiger partial charge >= 0.3 is 0 Å². The summed E-state index contributed by atoms with van der Waals surface area (Å²) < 4.78 is 6.93. The second-order valence-corrected chi connectivity index (χ2v) is 9.19. The summed E-state index contributed by atoms with van der Waals surface area (Å²) in [6, 6.07) is 8.02. The molecule has 1 aliphatic heterocycles. The molecule has 140 valence electrons. The first kappa shape index (κ1) is 17.0. The number of hydrogen-bond donors (Lipinski definition) is 2. The fraction of sp³-hybridized carbons (Fsp3) is 0.368. The summed E-state index contributed by atoms with van der Waals surface area (Å²) in [7, 11) is 0. The molecular weight excluding hydrogens is 380 g/mol. The highest BCUT2D eigenvalue weighted by atomic mass is 32.1. The number of rotatable bonds is 4. The van der Waals surface area contributed by atoms with Crippen molar-refractivity contribution in [3.05, 3.63) is 45.7 Å². The highest BCUT2D eigenvalue weighted by Gasteiger charge is 2.35. The Kier molecular flexibility index (Phi) is 4.26. The summed E-state index contributed by atoms with van der Waals surface area (Å²) >= 11 is 3.28. The van der Waals surface area contributed by atoms with E-state index in [1.807, 2.05) is 12.1 Å². The Morgan fingerprint density at radius 3 is 3.00 bits per heavy atom. The van der Waals surface area contributed by atoms with E-state index in [0.717, 1.165) is 18.0 Å². The summed E-state index contributed by atoms with van der Waals surface area (Å²) in [5.74, 6) is 2.01. The van der Waals surface area contributed by atoms with E-state index < -0.39 is 0 Å². The molecule has 1 unspecified atom stereocenters. The number of furan rings is 1. The Morgan fingerprint density at radius 2 is 2.30 bits per heavy atom. The van der Waals surface area contributed by atoms with Crippen molar-refractivity contribution in [2.75, 3.05) is 13.1 Å². The molecule has 1 aliphatic rings. The molecule has 6 nitrogen and oxygen atoms in total. The third-order valence-corrected chi connectivity index (χ3v) is 7.27. The van der Waals surface area contributed by atoms with Gasteiger partial charge in [0.2, 0.25) is 16.7 Å². The predicted octanol–water partition coefficient (Wildman–Crippen LogP) is 3.22. The van der Waals surface area contributed by atoms with Gasteiger partial charge < -0.3 is 14.4 Å². The van der Waals surface area contributed by atoms with Crippen molar-refractivity contribution in [2.24, 2.45) is 5.92 Å². The van der Waals surface area contributed by atoms with Crippen LogP contribution < -0.4 is 4.90 Å². The summed E-state index contributed by atoms with van der Waals surface area (Å²) in [4.78, 5) is 9.01.